The molecule has 36 heavy (non-hydrogen) atoms. The third kappa shape index (κ3) is 5.36. The highest BCUT2D eigenvalue weighted by Crippen LogP contribution is 2.45. The number of ether oxygens (including phenoxy) is 2. The first-order chi connectivity index (χ1) is 17.3. The molecule has 0 radical (unpaired) electrons. The molecule has 0 aromatic heterocycles. The Hall–Kier alpha value is -3.07. The van der Waals surface area contributed by atoms with Crippen LogP contribution in [-0.2, 0) is 23.9 Å². The monoisotopic (exact) mass is 511 g/mol. The number of carbonyl (C=O) groups excluding carboxylic acids is 3. The number of likely N-dealkylation sites (tertiary alicyclic amines) is 1. The lowest BCUT2D eigenvalue weighted by atomic mass is 9.92. The minimum atomic E-state index is -0.445. The van der Waals surface area contributed by atoms with Gasteiger partial charge < -0.3 is 19.3 Å². The summed E-state index contributed by atoms with van der Waals surface area (Å²) >= 11 is 1.45. The number of allylic oxidation sites excluding steroid dienone is 1. The van der Waals surface area contributed by atoms with E-state index >= 15 is 0 Å². The summed E-state index contributed by atoms with van der Waals surface area (Å²) in [6, 6.07) is 7.58. The zero-order chi connectivity index (χ0) is 25.8. The average Bonchev–Trinajstić information content (AvgIpc) is 3.25. The molecule has 2 unspecified atom stereocenters. The molecule has 1 saturated heterocycles. The van der Waals surface area contributed by atoms with Crippen LogP contribution in [-0.4, -0.2) is 59.1 Å². The topological polar surface area (TPSA) is 88.5 Å². The molecule has 1 aromatic rings. The number of aliphatic imine (C=N–C) groups is 1. The Kier molecular flexibility index (Phi) is 8.18. The summed E-state index contributed by atoms with van der Waals surface area (Å²) in [7, 11) is 0. The fraction of sp³-hybridized carbons (Fsp3) is 0.481. The molecule has 3 aliphatic rings. The number of esters is 2. The van der Waals surface area contributed by atoms with Gasteiger partial charge in [-0.1, -0.05) is 41.6 Å². The summed E-state index contributed by atoms with van der Waals surface area (Å²) in [6.07, 6.45) is 1.64. The molecule has 0 N–H and O–H groups in total. The highest BCUT2D eigenvalue weighted by molar-refractivity contribution is 8.16. The zero-order valence-electron chi connectivity index (χ0n) is 21.3. The van der Waals surface area contributed by atoms with Crippen LogP contribution in [0.5, 0.6) is 0 Å². The Morgan fingerprint density at radius 3 is 2.64 bits per heavy atom. The number of hydrogen-bond donors (Lipinski definition) is 0. The van der Waals surface area contributed by atoms with E-state index < -0.39 is 12.0 Å². The number of piperidine rings is 1. The molecule has 3 heterocycles. The van der Waals surface area contributed by atoms with Crippen molar-refractivity contribution < 1.29 is 23.9 Å². The molecule has 9 heteroatoms. The van der Waals surface area contributed by atoms with Gasteiger partial charge in [0.05, 0.1) is 42.9 Å². The van der Waals surface area contributed by atoms with Crippen LogP contribution in [0.3, 0.4) is 0 Å². The second-order valence-corrected chi connectivity index (χ2v) is 9.97. The van der Waals surface area contributed by atoms with Gasteiger partial charge in [0.1, 0.15) is 0 Å². The average molecular weight is 512 g/mol. The molecule has 2 atom stereocenters. The quantitative estimate of drug-likeness (QED) is 0.504. The summed E-state index contributed by atoms with van der Waals surface area (Å²) in [5, 5.41) is 2.67. The molecule has 0 spiro atoms. The number of amidine groups is 1. The zero-order valence-corrected chi connectivity index (χ0v) is 22.1. The molecular weight excluding hydrogens is 478 g/mol. The summed E-state index contributed by atoms with van der Waals surface area (Å²) < 4.78 is 10.6. The lowest BCUT2D eigenvalue weighted by molar-refractivity contribution is -0.151. The number of rotatable bonds is 7. The molecule has 1 aromatic carbocycles. The van der Waals surface area contributed by atoms with Gasteiger partial charge in [0, 0.05) is 18.8 Å². The molecule has 1 amide bonds. The third-order valence-electron chi connectivity index (χ3n) is 6.58. The number of fused-ring (bicyclic) bond motifs is 1. The van der Waals surface area contributed by atoms with E-state index in [9.17, 15) is 14.4 Å². The van der Waals surface area contributed by atoms with Crippen LogP contribution in [0.2, 0.25) is 0 Å². The molecule has 192 valence electrons. The predicted octanol–water partition coefficient (Wildman–Crippen LogP) is 4.32. The fourth-order valence-corrected chi connectivity index (χ4v) is 5.88. The van der Waals surface area contributed by atoms with Gasteiger partial charge >= 0.3 is 11.9 Å². The van der Waals surface area contributed by atoms with E-state index in [2.05, 4.69) is 6.07 Å². The number of benzene rings is 1. The summed E-state index contributed by atoms with van der Waals surface area (Å²) in [5.74, 6) is -0.984. The first-order valence-corrected chi connectivity index (χ1v) is 13.3. The molecule has 0 bridgehead atoms. The normalized spacial score (nSPS) is 21.6. The van der Waals surface area contributed by atoms with Gasteiger partial charge in [0.25, 0.3) is 0 Å². The van der Waals surface area contributed by atoms with Crippen molar-refractivity contribution in [3.8, 4) is 0 Å². The van der Waals surface area contributed by atoms with Gasteiger partial charge in [-0.3, -0.25) is 9.59 Å². The molecule has 1 fully saturated rings. The predicted molar refractivity (Wildman–Crippen MR) is 139 cm³/mol. The van der Waals surface area contributed by atoms with Crippen molar-refractivity contribution in [1.29, 1.82) is 0 Å². The van der Waals surface area contributed by atoms with Crippen molar-refractivity contribution in [1.82, 2.24) is 9.80 Å². The Balaban J connectivity index is 1.60. The van der Waals surface area contributed by atoms with Crippen LogP contribution in [0.1, 0.15) is 57.2 Å². The lowest BCUT2D eigenvalue weighted by Crippen LogP contribution is -2.44. The van der Waals surface area contributed by atoms with E-state index in [0.29, 0.717) is 31.0 Å². The van der Waals surface area contributed by atoms with Crippen molar-refractivity contribution in [2.24, 2.45) is 10.9 Å². The van der Waals surface area contributed by atoms with E-state index in [0.717, 1.165) is 34.8 Å². The van der Waals surface area contributed by atoms with Gasteiger partial charge in [-0.2, -0.15) is 0 Å². The number of hydrogen-bond acceptors (Lipinski definition) is 8. The van der Waals surface area contributed by atoms with Crippen molar-refractivity contribution >= 4 is 34.8 Å². The smallest absolute Gasteiger partial charge is 0.338 e. The van der Waals surface area contributed by atoms with E-state index in [1.165, 1.54) is 11.8 Å². The minimum Gasteiger partial charge on any atom is -0.466 e. The Bertz CT molecular complexity index is 1140. The Morgan fingerprint density at radius 1 is 1.14 bits per heavy atom. The summed E-state index contributed by atoms with van der Waals surface area (Å²) in [5.41, 5.74) is 3.89. The highest BCUT2D eigenvalue weighted by Gasteiger charge is 2.41. The Labute approximate surface area is 216 Å². The lowest BCUT2D eigenvalue weighted by Gasteiger charge is -2.37. The maximum absolute atomic E-state index is 13.4. The van der Waals surface area contributed by atoms with E-state index in [4.69, 9.17) is 14.5 Å². The summed E-state index contributed by atoms with van der Waals surface area (Å²) in [6.45, 7) is 8.99. The van der Waals surface area contributed by atoms with Crippen molar-refractivity contribution in [2.75, 3.05) is 26.3 Å². The molecule has 4 rings (SSSR count). The van der Waals surface area contributed by atoms with Crippen molar-refractivity contribution in [3.63, 3.8) is 0 Å². The number of carbonyl (C=O) groups is 3. The first-order valence-electron chi connectivity index (χ1n) is 12.5. The molecule has 3 aliphatic heterocycles. The van der Waals surface area contributed by atoms with Gasteiger partial charge in [0.2, 0.25) is 5.91 Å². The maximum atomic E-state index is 13.4. The van der Waals surface area contributed by atoms with E-state index in [-0.39, 0.29) is 30.8 Å². The molecular formula is C27H33N3O5S. The van der Waals surface area contributed by atoms with Gasteiger partial charge in [0.15, 0.2) is 5.17 Å². The second-order valence-electron chi connectivity index (χ2n) is 9.14. The van der Waals surface area contributed by atoms with Gasteiger partial charge in [-0.25, -0.2) is 9.79 Å². The van der Waals surface area contributed by atoms with Crippen LogP contribution >= 0.6 is 11.8 Å². The highest BCUT2D eigenvalue weighted by atomic mass is 32.2. The first kappa shape index (κ1) is 26.0. The SMILES string of the molecule is CCOC(=O)C1=C(C)N=C2SC=C(CC(=O)N3CCCC(C(=O)OCC)C3)N2C1c1cccc(C)c1. The number of nitrogens with zero attached hydrogens (tertiary/aromatic N) is 3. The number of amides is 1. The van der Waals surface area contributed by atoms with E-state index in [1.54, 1.807) is 18.7 Å². The molecule has 0 saturated carbocycles. The number of aryl methyl sites for hydroxylation is 1. The fourth-order valence-electron chi connectivity index (χ4n) is 4.92. The van der Waals surface area contributed by atoms with Crippen LogP contribution in [0.4, 0.5) is 0 Å². The number of thioether (sulfide) groups is 1. The summed E-state index contributed by atoms with van der Waals surface area (Å²) in [4.78, 5) is 47.2. The van der Waals surface area contributed by atoms with Crippen LogP contribution in [0.25, 0.3) is 0 Å². The van der Waals surface area contributed by atoms with E-state index in [1.807, 2.05) is 42.4 Å². The molecule has 8 nitrogen and oxygen atoms in total. The van der Waals surface area contributed by atoms with Crippen LogP contribution in [0.15, 0.2) is 51.6 Å². The largest absolute Gasteiger partial charge is 0.466 e. The van der Waals surface area contributed by atoms with Crippen molar-refractivity contribution in [3.05, 3.63) is 57.8 Å². The van der Waals surface area contributed by atoms with Crippen LogP contribution in [0, 0.1) is 12.8 Å². The van der Waals surface area contributed by atoms with Crippen molar-refractivity contribution in [2.45, 2.75) is 53.0 Å². The third-order valence-corrected chi connectivity index (χ3v) is 7.47. The minimum absolute atomic E-state index is 0.0518. The standard InChI is InChI=1S/C27H33N3O5S/c1-5-34-25(32)20-11-8-12-29(15-20)22(31)14-21-16-36-27-28-18(4)23(26(33)35-6-2)24(30(21)27)19-10-7-9-17(3)13-19/h7,9-10,13,16,20,24H,5-6,8,11-12,14-15H2,1-4H3. The Morgan fingerprint density at radius 2 is 1.92 bits per heavy atom. The second kappa shape index (κ2) is 11.3. The molecule has 0 aliphatic carbocycles. The maximum Gasteiger partial charge on any atom is 0.338 e. The van der Waals surface area contributed by atoms with Crippen LogP contribution < -0.4 is 0 Å². The van der Waals surface area contributed by atoms with Gasteiger partial charge in [-0.05, 0) is 51.5 Å². The van der Waals surface area contributed by atoms with Gasteiger partial charge in [-0.15, -0.1) is 0 Å².